The van der Waals surface area contributed by atoms with Gasteiger partial charge in [-0.3, -0.25) is 4.79 Å². The molecule has 0 aromatic heterocycles. The van der Waals surface area contributed by atoms with Crippen LogP contribution in [0.2, 0.25) is 5.02 Å². The van der Waals surface area contributed by atoms with E-state index in [0.29, 0.717) is 33.9 Å². The van der Waals surface area contributed by atoms with Gasteiger partial charge in [-0.05, 0) is 42.5 Å². The molecular weight excluding hydrogens is 446 g/mol. The molecule has 3 aromatic rings. The zero-order valence-corrected chi connectivity index (χ0v) is 19.2. The van der Waals surface area contributed by atoms with Gasteiger partial charge in [0.25, 0.3) is 5.91 Å². The van der Waals surface area contributed by atoms with E-state index >= 15 is 0 Å². The number of carbonyl (C=O) groups is 2. The lowest BCUT2D eigenvalue weighted by molar-refractivity contribution is -0.142. The van der Waals surface area contributed by atoms with Crippen molar-refractivity contribution in [3.63, 3.8) is 0 Å². The van der Waals surface area contributed by atoms with Crippen molar-refractivity contribution in [2.45, 2.75) is 12.6 Å². The second-order valence-corrected chi connectivity index (χ2v) is 7.51. The third kappa shape index (κ3) is 5.38. The number of nitrogens with zero attached hydrogens (tertiary/aromatic N) is 1. The van der Waals surface area contributed by atoms with Gasteiger partial charge in [-0.2, -0.15) is 0 Å². The number of halogens is 1. The molecule has 1 unspecified atom stereocenters. The molecular formula is C25H24ClNO6. The SMILES string of the molecule is COc1ccc(C(=O)N(Cc2ccc(OC)cc2OC)C(C(=O)O)c2ccccc2Cl)cc1. The number of methoxy groups -OCH3 is 3. The Bertz CT molecular complexity index is 1130. The monoisotopic (exact) mass is 469 g/mol. The molecule has 172 valence electrons. The largest absolute Gasteiger partial charge is 0.497 e. The lowest BCUT2D eigenvalue weighted by Crippen LogP contribution is -2.38. The fraction of sp³-hybridized carbons (Fsp3) is 0.200. The number of rotatable bonds is 9. The molecule has 0 fully saturated rings. The van der Waals surface area contributed by atoms with Crippen LogP contribution >= 0.6 is 11.6 Å². The summed E-state index contributed by atoms with van der Waals surface area (Å²) in [5.41, 5.74) is 1.22. The molecule has 0 saturated carbocycles. The minimum Gasteiger partial charge on any atom is -0.497 e. The van der Waals surface area contributed by atoms with Crippen LogP contribution in [0.25, 0.3) is 0 Å². The van der Waals surface area contributed by atoms with Gasteiger partial charge in [0.1, 0.15) is 17.2 Å². The minimum atomic E-state index is -1.33. The van der Waals surface area contributed by atoms with E-state index in [1.807, 2.05) is 0 Å². The molecule has 8 heteroatoms. The first-order valence-electron chi connectivity index (χ1n) is 10.0. The van der Waals surface area contributed by atoms with E-state index in [9.17, 15) is 14.7 Å². The second kappa shape index (κ2) is 10.7. The van der Waals surface area contributed by atoms with Crippen molar-refractivity contribution in [2.24, 2.45) is 0 Å². The number of benzene rings is 3. The predicted octanol–water partition coefficient (Wildman–Crippen LogP) is 4.83. The topological polar surface area (TPSA) is 85.3 Å². The molecule has 3 aromatic carbocycles. The Balaban J connectivity index is 2.11. The molecule has 7 nitrogen and oxygen atoms in total. The first-order chi connectivity index (χ1) is 15.9. The Labute approximate surface area is 197 Å². The van der Waals surface area contributed by atoms with Gasteiger partial charge in [-0.15, -0.1) is 0 Å². The summed E-state index contributed by atoms with van der Waals surface area (Å²) >= 11 is 6.34. The van der Waals surface area contributed by atoms with Crippen molar-refractivity contribution in [3.05, 3.63) is 88.4 Å². The van der Waals surface area contributed by atoms with Crippen molar-refractivity contribution in [2.75, 3.05) is 21.3 Å². The number of carboxylic acid groups (broad SMARTS) is 1. The van der Waals surface area contributed by atoms with Crippen molar-refractivity contribution in [3.8, 4) is 17.2 Å². The Morgan fingerprint density at radius 3 is 2.12 bits per heavy atom. The average Bonchev–Trinajstić information content (AvgIpc) is 2.84. The summed E-state index contributed by atoms with van der Waals surface area (Å²) in [5.74, 6) is -0.0780. The Morgan fingerprint density at radius 1 is 0.909 bits per heavy atom. The minimum absolute atomic E-state index is 0.0414. The fourth-order valence-electron chi connectivity index (χ4n) is 3.48. The lowest BCUT2D eigenvalue weighted by atomic mass is 10.0. The molecule has 3 rings (SSSR count). The molecule has 0 aliphatic carbocycles. The zero-order valence-electron chi connectivity index (χ0n) is 18.4. The number of amides is 1. The molecule has 0 spiro atoms. The fourth-order valence-corrected chi connectivity index (χ4v) is 3.72. The van der Waals surface area contributed by atoms with E-state index in [0.717, 1.165) is 0 Å². The molecule has 0 aliphatic rings. The molecule has 0 aliphatic heterocycles. The first-order valence-corrected chi connectivity index (χ1v) is 10.4. The Kier molecular flexibility index (Phi) is 7.79. The van der Waals surface area contributed by atoms with Crippen LogP contribution in [0.3, 0.4) is 0 Å². The first kappa shape index (κ1) is 23.9. The highest BCUT2D eigenvalue weighted by Gasteiger charge is 2.34. The summed E-state index contributed by atoms with van der Waals surface area (Å²) in [6.45, 7) is -0.0414. The van der Waals surface area contributed by atoms with Crippen LogP contribution < -0.4 is 14.2 Å². The van der Waals surface area contributed by atoms with Crippen molar-refractivity contribution < 1.29 is 28.9 Å². The van der Waals surface area contributed by atoms with Crippen molar-refractivity contribution in [1.29, 1.82) is 0 Å². The molecule has 0 radical (unpaired) electrons. The highest BCUT2D eigenvalue weighted by Crippen LogP contribution is 2.33. The normalized spacial score (nSPS) is 11.4. The van der Waals surface area contributed by atoms with E-state index in [2.05, 4.69) is 0 Å². The average molecular weight is 470 g/mol. The van der Waals surface area contributed by atoms with Crippen LogP contribution in [0.4, 0.5) is 0 Å². The van der Waals surface area contributed by atoms with Crippen molar-refractivity contribution in [1.82, 2.24) is 4.90 Å². The number of aliphatic carboxylic acids is 1. The Morgan fingerprint density at radius 2 is 1.55 bits per heavy atom. The van der Waals surface area contributed by atoms with E-state index in [1.165, 1.54) is 26.2 Å². The number of hydrogen-bond acceptors (Lipinski definition) is 5. The van der Waals surface area contributed by atoms with Crippen LogP contribution in [-0.4, -0.2) is 43.2 Å². The summed E-state index contributed by atoms with van der Waals surface area (Å²) in [6.07, 6.45) is 0. The number of ether oxygens (including phenoxy) is 3. The van der Waals surface area contributed by atoms with Gasteiger partial charge in [0.05, 0.1) is 27.9 Å². The summed E-state index contributed by atoms with van der Waals surface area (Å²) in [4.78, 5) is 27.3. The van der Waals surface area contributed by atoms with Crippen LogP contribution in [0.15, 0.2) is 66.7 Å². The van der Waals surface area contributed by atoms with Gasteiger partial charge in [0, 0.05) is 27.8 Å². The van der Waals surface area contributed by atoms with Gasteiger partial charge in [0.15, 0.2) is 6.04 Å². The third-order valence-electron chi connectivity index (χ3n) is 5.18. The Hall–Kier alpha value is -3.71. The second-order valence-electron chi connectivity index (χ2n) is 7.10. The van der Waals surface area contributed by atoms with E-state index in [-0.39, 0.29) is 11.6 Å². The van der Waals surface area contributed by atoms with Crippen LogP contribution in [0, 0.1) is 0 Å². The quantitative estimate of drug-likeness (QED) is 0.483. The van der Waals surface area contributed by atoms with E-state index in [4.69, 9.17) is 25.8 Å². The molecule has 1 atom stereocenters. The number of carboxylic acids is 1. The summed E-state index contributed by atoms with van der Waals surface area (Å²) in [7, 11) is 4.55. The van der Waals surface area contributed by atoms with Crippen LogP contribution in [-0.2, 0) is 11.3 Å². The molecule has 0 saturated heterocycles. The van der Waals surface area contributed by atoms with Gasteiger partial charge in [-0.1, -0.05) is 29.8 Å². The van der Waals surface area contributed by atoms with E-state index in [1.54, 1.807) is 66.7 Å². The molecule has 0 bridgehead atoms. The standard InChI is InChI=1S/C25H24ClNO6/c1-31-18-11-8-16(9-12-18)24(28)27(15-17-10-13-19(32-2)14-22(17)33-3)23(25(29)30)20-6-4-5-7-21(20)26/h4-14,23H,15H2,1-3H3,(H,29,30). The van der Waals surface area contributed by atoms with Gasteiger partial charge in [0.2, 0.25) is 0 Å². The van der Waals surface area contributed by atoms with Crippen LogP contribution in [0.5, 0.6) is 17.2 Å². The number of hydrogen-bond donors (Lipinski definition) is 1. The highest BCUT2D eigenvalue weighted by atomic mass is 35.5. The molecule has 1 amide bonds. The summed E-state index contributed by atoms with van der Waals surface area (Å²) in [5, 5.41) is 10.4. The maximum absolute atomic E-state index is 13.6. The summed E-state index contributed by atoms with van der Waals surface area (Å²) in [6, 6.07) is 16.8. The maximum Gasteiger partial charge on any atom is 0.331 e. The van der Waals surface area contributed by atoms with Gasteiger partial charge < -0.3 is 24.2 Å². The zero-order chi connectivity index (χ0) is 24.0. The van der Waals surface area contributed by atoms with Gasteiger partial charge >= 0.3 is 5.97 Å². The maximum atomic E-state index is 13.6. The van der Waals surface area contributed by atoms with Crippen molar-refractivity contribution >= 4 is 23.5 Å². The molecule has 0 heterocycles. The highest BCUT2D eigenvalue weighted by molar-refractivity contribution is 6.31. The predicted molar refractivity (Wildman–Crippen MR) is 124 cm³/mol. The van der Waals surface area contributed by atoms with Crippen LogP contribution in [0.1, 0.15) is 27.5 Å². The summed E-state index contributed by atoms with van der Waals surface area (Å²) < 4.78 is 15.9. The molecule has 1 N–H and O–H groups in total. The lowest BCUT2D eigenvalue weighted by Gasteiger charge is -2.30. The van der Waals surface area contributed by atoms with E-state index < -0.39 is 17.9 Å². The third-order valence-corrected chi connectivity index (χ3v) is 5.52. The molecule has 33 heavy (non-hydrogen) atoms. The van der Waals surface area contributed by atoms with Gasteiger partial charge in [-0.25, -0.2) is 4.79 Å². The number of carbonyl (C=O) groups excluding carboxylic acids is 1. The smallest absolute Gasteiger partial charge is 0.331 e.